The molecule has 0 saturated carbocycles. The molecule has 0 aliphatic heterocycles. The Kier molecular flexibility index (Phi) is 4.35. The van der Waals surface area contributed by atoms with Crippen LogP contribution >= 0.6 is 0 Å². The standard InChI is InChI=1S/C16H17NO3/c1-11-7-8-13(20-15-6-4-5-9-17-15)10-14(11)12(2)16(18)19-3/h4-10,12H,1-3H3. The van der Waals surface area contributed by atoms with Crippen molar-refractivity contribution < 1.29 is 14.3 Å². The lowest BCUT2D eigenvalue weighted by molar-refractivity contribution is -0.142. The van der Waals surface area contributed by atoms with Crippen LogP contribution in [0.15, 0.2) is 42.6 Å². The smallest absolute Gasteiger partial charge is 0.312 e. The summed E-state index contributed by atoms with van der Waals surface area (Å²) in [5.41, 5.74) is 1.92. The van der Waals surface area contributed by atoms with Crippen LogP contribution in [0.2, 0.25) is 0 Å². The first-order chi connectivity index (χ1) is 9.61. The molecule has 0 saturated heterocycles. The fraction of sp³-hybridized carbons (Fsp3) is 0.250. The summed E-state index contributed by atoms with van der Waals surface area (Å²) in [4.78, 5) is 15.8. The monoisotopic (exact) mass is 271 g/mol. The zero-order chi connectivity index (χ0) is 14.5. The lowest BCUT2D eigenvalue weighted by Gasteiger charge is -2.14. The van der Waals surface area contributed by atoms with Crippen molar-refractivity contribution in [3.05, 3.63) is 53.7 Å². The van der Waals surface area contributed by atoms with Gasteiger partial charge in [-0.05, 0) is 43.2 Å². The van der Waals surface area contributed by atoms with E-state index in [1.807, 2.05) is 44.2 Å². The fourth-order valence-electron chi connectivity index (χ4n) is 1.98. The third-order valence-electron chi connectivity index (χ3n) is 3.13. The van der Waals surface area contributed by atoms with Gasteiger partial charge in [-0.25, -0.2) is 4.98 Å². The number of nitrogens with zero attached hydrogens (tertiary/aromatic N) is 1. The van der Waals surface area contributed by atoms with Gasteiger partial charge < -0.3 is 9.47 Å². The number of esters is 1. The molecular formula is C16H17NO3. The molecule has 0 bridgehead atoms. The summed E-state index contributed by atoms with van der Waals surface area (Å²) in [6.07, 6.45) is 1.67. The first kappa shape index (κ1) is 14.1. The average Bonchev–Trinajstić information content (AvgIpc) is 2.48. The molecule has 1 unspecified atom stereocenters. The molecule has 0 fully saturated rings. The topological polar surface area (TPSA) is 48.4 Å². The highest BCUT2D eigenvalue weighted by Gasteiger charge is 2.18. The molecule has 4 nitrogen and oxygen atoms in total. The third kappa shape index (κ3) is 3.15. The molecule has 0 N–H and O–H groups in total. The van der Waals surface area contributed by atoms with Gasteiger partial charge in [0, 0.05) is 12.3 Å². The first-order valence-corrected chi connectivity index (χ1v) is 6.39. The highest BCUT2D eigenvalue weighted by atomic mass is 16.5. The number of pyridine rings is 1. The normalized spacial score (nSPS) is 11.8. The van der Waals surface area contributed by atoms with Gasteiger partial charge in [-0.1, -0.05) is 12.1 Å². The van der Waals surface area contributed by atoms with Crippen LogP contribution in [-0.2, 0) is 9.53 Å². The maximum absolute atomic E-state index is 11.7. The number of hydrogen-bond acceptors (Lipinski definition) is 4. The second-order valence-corrected chi connectivity index (χ2v) is 4.53. The second-order valence-electron chi connectivity index (χ2n) is 4.53. The van der Waals surface area contributed by atoms with Crippen LogP contribution < -0.4 is 4.74 Å². The Labute approximate surface area is 118 Å². The van der Waals surface area contributed by atoms with Crippen LogP contribution in [-0.4, -0.2) is 18.1 Å². The molecule has 104 valence electrons. The van der Waals surface area contributed by atoms with E-state index in [1.54, 1.807) is 12.3 Å². The van der Waals surface area contributed by atoms with E-state index in [0.717, 1.165) is 11.1 Å². The summed E-state index contributed by atoms with van der Waals surface area (Å²) < 4.78 is 10.5. The van der Waals surface area contributed by atoms with Crippen molar-refractivity contribution in [3.63, 3.8) is 0 Å². The van der Waals surface area contributed by atoms with Gasteiger partial charge in [-0.15, -0.1) is 0 Å². The molecule has 1 aromatic carbocycles. The third-order valence-corrected chi connectivity index (χ3v) is 3.13. The Morgan fingerprint density at radius 2 is 2.05 bits per heavy atom. The minimum absolute atomic E-state index is 0.261. The SMILES string of the molecule is COC(=O)C(C)c1cc(Oc2ccccn2)ccc1C. The summed E-state index contributed by atoms with van der Waals surface area (Å²) in [6, 6.07) is 11.1. The van der Waals surface area contributed by atoms with Crippen LogP contribution in [0.1, 0.15) is 24.0 Å². The van der Waals surface area contributed by atoms with Crippen molar-refractivity contribution in [1.29, 1.82) is 0 Å². The fourth-order valence-corrected chi connectivity index (χ4v) is 1.98. The Morgan fingerprint density at radius 3 is 2.70 bits per heavy atom. The summed E-state index contributed by atoms with van der Waals surface area (Å²) in [5.74, 6) is 0.587. The van der Waals surface area contributed by atoms with Crippen LogP contribution in [0.5, 0.6) is 11.6 Å². The Morgan fingerprint density at radius 1 is 1.25 bits per heavy atom. The number of methoxy groups -OCH3 is 1. The highest BCUT2D eigenvalue weighted by molar-refractivity contribution is 5.78. The molecule has 0 radical (unpaired) electrons. The minimum Gasteiger partial charge on any atom is -0.469 e. The molecule has 4 heteroatoms. The number of aromatic nitrogens is 1. The van der Waals surface area contributed by atoms with Crippen molar-refractivity contribution in [2.75, 3.05) is 7.11 Å². The van der Waals surface area contributed by atoms with Gasteiger partial charge in [0.15, 0.2) is 0 Å². The Hall–Kier alpha value is -2.36. The number of hydrogen-bond donors (Lipinski definition) is 0. The van der Waals surface area contributed by atoms with Gasteiger partial charge in [0.1, 0.15) is 5.75 Å². The van der Waals surface area contributed by atoms with Crippen molar-refractivity contribution in [1.82, 2.24) is 4.98 Å². The van der Waals surface area contributed by atoms with Crippen molar-refractivity contribution >= 4 is 5.97 Å². The van der Waals surface area contributed by atoms with Crippen LogP contribution in [0.3, 0.4) is 0 Å². The lowest BCUT2D eigenvalue weighted by atomic mass is 9.96. The maximum Gasteiger partial charge on any atom is 0.312 e. The molecule has 20 heavy (non-hydrogen) atoms. The molecule has 2 rings (SSSR count). The van der Waals surface area contributed by atoms with Gasteiger partial charge in [-0.3, -0.25) is 4.79 Å². The van der Waals surface area contributed by atoms with Gasteiger partial charge >= 0.3 is 5.97 Å². The van der Waals surface area contributed by atoms with Gasteiger partial charge in [0.25, 0.3) is 0 Å². The molecule has 1 atom stereocenters. The molecule has 0 amide bonds. The molecule has 0 aliphatic carbocycles. The minimum atomic E-state index is -0.327. The van der Waals surface area contributed by atoms with Crippen molar-refractivity contribution in [2.45, 2.75) is 19.8 Å². The average molecular weight is 271 g/mol. The predicted octanol–water partition coefficient (Wildman–Crippen LogP) is 3.46. The molecular weight excluding hydrogens is 254 g/mol. The van der Waals surface area contributed by atoms with E-state index < -0.39 is 0 Å². The van der Waals surface area contributed by atoms with Crippen LogP contribution in [0, 0.1) is 6.92 Å². The zero-order valence-corrected chi connectivity index (χ0v) is 11.8. The molecule has 1 aromatic heterocycles. The van der Waals surface area contributed by atoms with Gasteiger partial charge in [-0.2, -0.15) is 0 Å². The highest BCUT2D eigenvalue weighted by Crippen LogP contribution is 2.27. The van der Waals surface area contributed by atoms with Crippen molar-refractivity contribution in [3.8, 4) is 11.6 Å². The largest absolute Gasteiger partial charge is 0.469 e. The second kappa shape index (κ2) is 6.19. The molecule has 1 heterocycles. The Balaban J connectivity index is 2.27. The van der Waals surface area contributed by atoms with E-state index in [1.165, 1.54) is 7.11 Å². The van der Waals surface area contributed by atoms with E-state index in [-0.39, 0.29) is 11.9 Å². The van der Waals surface area contributed by atoms with Crippen LogP contribution in [0.4, 0.5) is 0 Å². The maximum atomic E-state index is 11.7. The Bertz CT molecular complexity index is 596. The number of aryl methyl sites for hydroxylation is 1. The molecule has 2 aromatic rings. The number of rotatable bonds is 4. The molecule has 0 aliphatic rings. The van der Waals surface area contributed by atoms with E-state index in [0.29, 0.717) is 11.6 Å². The number of ether oxygens (including phenoxy) is 2. The van der Waals surface area contributed by atoms with E-state index in [4.69, 9.17) is 9.47 Å². The van der Waals surface area contributed by atoms with E-state index in [9.17, 15) is 4.79 Å². The summed E-state index contributed by atoms with van der Waals surface area (Å²) in [5, 5.41) is 0. The predicted molar refractivity (Wildman–Crippen MR) is 75.9 cm³/mol. The number of carbonyl (C=O) groups excluding carboxylic acids is 1. The van der Waals surface area contributed by atoms with Gasteiger partial charge in [0.05, 0.1) is 13.0 Å². The lowest BCUT2D eigenvalue weighted by Crippen LogP contribution is -2.12. The zero-order valence-electron chi connectivity index (χ0n) is 11.8. The quantitative estimate of drug-likeness (QED) is 0.799. The molecule has 0 spiro atoms. The van der Waals surface area contributed by atoms with Gasteiger partial charge in [0.2, 0.25) is 5.88 Å². The van der Waals surface area contributed by atoms with E-state index in [2.05, 4.69) is 4.98 Å². The van der Waals surface area contributed by atoms with E-state index >= 15 is 0 Å². The van der Waals surface area contributed by atoms with Crippen LogP contribution in [0.25, 0.3) is 0 Å². The summed E-state index contributed by atoms with van der Waals surface area (Å²) >= 11 is 0. The number of carbonyl (C=O) groups is 1. The summed E-state index contributed by atoms with van der Waals surface area (Å²) in [6.45, 7) is 3.78. The summed E-state index contributed by atoms with van der Waals surface area (Å²) in [7, 11) is 1.39. The van der Waals surface area contributed by atoms with Crippen molar-refractivity contribution in [2.24, 2.45) is 0 Å². The first-order valence-electron chi connectivity index (χ1n) is 6.39. The number of benzene rings is 1.